The van der Waals surface area contributed by atoms with Crippen LogP contribution in [-0.4, -0.2) is 51.5 Å². The van der Waals surface area contributed by atoms with Gasteiger partial charge < -0.3 is 18.9 Å². The summed E-state index contributed by atoms with van der Waals surface area (Å²) in [6.45, 7) is 0.295. The molecular weight excluding hydrogens is 320 g/mol. The molecular formula is C15H20N2O5S. The zero-order chi connectivity index (χ0) is 17.4. The van der Waals surface area contributed by atoms with Crippen molar-refractivity contribution < 1.29 is 23.7 Å². The molecule has 0 fully saturated rings. The largest absolute Gasteiger partial charge is 0.493 e. The predicted octanol–water partition coefficient (Wildman–Crippen LogP) is 2.75. The molecule has 0 aromatic heterocycles. The molecule has 126 valence electrons. The Morgan fingerprint density at radius 2 is 1.91 bits per heavy atom. The fourth-order valence-corrected chi connectivity index (χ4v) is 2.39. The normalized spacial score (nSPS) is 11.1. The number of carbonyl (C=O) groups excluding carboxylic acids is 1. The third-order valence-electron chi connectivity index (χ3n) is 2.92. The summed E-state index contributed by atoms with van der Waals surface area (Å²) in [7, 11) is 5.85. The molecule has 1 aromatic rings. The van der Waals surface area contributed by atoms with Crippen molar-refractivity contribution in [2.75, 3.05) is 34.7 Å². The van der Waals surface area contributed by atoms with Crippen LogP contribution < -0.4 is 9.47 Å². The lowest BCUT2D eigenvalue weighted by molar-refractivity contribution is 0.181. The lowest BCUT2D eigenvalue weighted by Crippen LogP contribution is -2.14. The van der Waals surface area contributed by atoms with Gasteiger partial charge in [-0.05, 0) is 18.4 Å². The van der Waals surface area contributed by atoms with E-state index in [9.17, 15) is 4.79 Å². The fourth-order valence-electron chi connectivity index (χ4n) is 1.91. The number of nitrogens with zero attached hydrogens (tertiary/aromatic N) is 1. The smallest absolute Gasteiger partial charge is 0.434 e. The van der Waals surface area contributed by atoms with Crippen molar-refractivity contribution in [3.63, 3.8) is 0 Å². The Morgan fingerprint density at radius 1 is 1.22 bits per heavy atom. The summed E-state index contributed by atoms with van der Waals surface area (Å²) in [4.78, 5) is 15.1. The van der Waals surface area contributed by atoms with Crippen molar-refractivity contribution in [2.24, 2.45) is 4.99 Å². The van der Waals surface area contributed by atoms with Gasteiger partial charge in [0.15, 0.2) is 11.5 Å². The first-order valence-electron chi connectivity index (χ1n) is 6.56. The number of benzene rings is 1. The van der Waals surface area contributed by atoms with E-state index in [1.165, 1.54) is 33.1 Å². The van der Waals surface area contributed by atoms with Gasteiger partial charge in [-0.1, -0.05) is 0 Å². The van der Waals surface area contributed by atoms with Gasteiger partial charge in [0.2, 0.25) is 0 Å². The molecule has 0 bridgehead atoms. The van der Waals surface area contributed by atoms with E-state index in [1.54, 1.807) is 25.5 Å². The second-order valence-corrected chi connectivity index (χ2v) is 5.06. The Kier molecular flexibility index (Phi) is 7.56. The predicted molar refractivity (Wildman–Crippen MR) is 90.4 cm³/mol. The molecule has 0 spiro atoms. The maximum absolute atomic E-state index is 11.3. The van der Waals surface area contributed by atoms with E-state index in [0.29, 0.717) is 23.7 Å². The van der Waals surface area contributed by atoms with Crippen LogP contribution in [0.5, 0.6) is 11.5 Å². The number of hydrogen-bond donors (Lipinski definition) is 1. The molecule has 1 amide bonds. The average Bonchev–Trinajstić information content (AvgIpc) is 2.58. The molecule has 7 nitrogen and oxygen atoms in total. The molecule has 1 N–H and O–H groups in total. The molecule has 0 aliphatic heterocycles. The first kappa shape index (κ1) is 19.0. The molecule has 0 saturated heterocycles. The number of nitrogens with one attached hydrogen (secondary N) is 1. The Balaban J connectivity index is 3.35. The van der Waals surface area contributed by atoms with E-state index >= 15 is 0 Å². The first-order chi connectivity index (χ1) is 11.0. The molecule has 1 rings (SSSR count). The highest BCUT2D eigenvalue weighted by Gasteiger charge is 2.18. The van der Waals surface area contributed by atoms with E-state index in [-0.39, 0.29) is 10.8 Å². The van der Waals surface area contributed by atoms with E-state index in [4.69, 9.17) is 19.6 Å². The summed E-state index contributed by atoms with van der Waals surface area (Å²) in [5.74, 6) is 1.02. The van der Waals surface area contributed by atoms with Crippen LogP contribution in [0.1, 0.15) is 11.1 Å². The van der Waals surface area contributed by atoms with E-state index in [2.05, 4.69) is 9.73 Å². The molecule has 23 heavy (non-hydrogen) atoms. The summed E-state index contributed by atoms with van der Waals surface area (Å²) in [5.41, 5.74) is 1.35. The number of methoxy groups -OCH3 is 4. The van der Waals surface area contributed by atoms with Crippen LogP contribution in [0.3, 0.4) is 0 Å². The minimum atomic E-state index is -0.753. The zero-order valence-corrected chi connectivity index (χ0v) is 14.6. The molecule has 0 atom stereocenters. The van der Waals surface area contributed by atoms with Gasteiger partial charge in [0.1, 0.15) is 5.04 Å². The first-order valence-corrected chi connectivity index (χ1v) is 7.78. The van der Waals surface area contributed by atoms with E-state index in [0.717, 1.165) is 5.56 Å². The number of ether oxygens (including phenoxy) is 4. The quantitative estimate of drug-likeness (QED) is 0.632. The van der Waals surface area contributed by atoms with Gasteiger partial charge in [0.25, 0.3) is 0 Å². The number of carbonyl (C=O) groups is 1. The van der Waals surface area contributed by atoms with Crippen LogP contribution in [0.4, 0.5) is 4.79 Å². The highest BCUT2D eigenvalue weighted by atomic mass is 32.2. The minimum absolute atomic E-state index is 0.0845. The third kappa shape index (κ3) is 4.70. The molecule has 0 aliphatic rings. The summed E-state index contributed by atoms with van der Waals surface area (Å²) >= 11 is 1.18. The van der Waals surface area contributed by atoms with Gasteiger partial charge in [-0.3, -0.25) is 5.41 Å². The van der Waals surface area contributed by atoms with Crippen molar-refractivity contribution in [3.8, 4) is 11.5 Å². The number of thioether (sulfide) groups is 1. The Hall–Kier alpha value is -2.06. The number of rotatable bonds is 6. The molecule has 0 aliphatic carbocycles. The summed E-state index contributed by atoms with van der Waals surface area (Å²) in [6, 6.07) is 3.40. The molecule has 0 radical (unpaired) electrons. The number of hydrogen-bond acceptors (Lipinski definition) is 7. The van der Waals surface area contributed by atoms with Crippen molar-refractivity contribution >= 4 is 28.6 Å². The van der Waals surface area contributed by atoms with E-state index < -0.39 is 6.09 Å². The highest BCUT2D eigenvalue weighted by molar-refractivity contribution is 8.15. The van der Waals surface area contributed by atoms with Gasteiger partial charge in [0, 0.05) is 18.2 Å². The lowest BCUT2D eigenvalue weighted by Gasteiger charge is -2.15. The Morgan fingerprint density at radius 3 is 2.39 bits per heavy atom. The molecule has 0 saturated carbocycles. The molecule has 8 heteroatoms. The highest BCUT2D eigenvalue weighted by Crippen LogP contribution is 2.33. The number of aliphatic imine (C=N–C) groups is 1. The molecule has 0 heterocycles. The van der Waals surface area contributed by atoms with Gasteiger partial charge in [-0.2, -0.15) is 4.99 Å². The standard InChI is InChI=1S/C15H20N2O5S/c1-19-8-10-6-9(7-11(20-2)13(10)21-3)12(16)14(23-5)17-15(18)22-4/h6-7,16H,8H2,1-5H3. The third-order valence-corrected chi connectivity index (χ3v) is 3.60. The number of amides is 1. The monoisotopic (exact) mass is 340 g/mol. The fraction of sp³-hybridized carbons (Fsp3) is 0.400. The lowest BCUT2D eigenvalue weighted by atomic mass is 10.1. The maximum Gasteiger partial charge on any atom is 0.434 e. The summed E-state index contributed by atoms with van der Waals surface area (Å²) < 4.78 is 20.3. The van der Waals surface area contributed by atoms with Crippen LogP contribution in [0, 0.1) is 5.41 Å². The van der Waals surface area contributed by atoms with Crippen molar-refractivity contribution in [1.82, 2.24) is 0 Å². The van der Waals surface area contributed by atoms with Gasteiger partial charge in [0.05, 0.1) is 33.6 Å². The van der Waals surface area contributed by atoms with Crippen LogP contribution in [-0.2, 0) is 16.1 Å². The van der Waals surface area contributed by atoms with Crippen molar-refractivity contribution in [1.29, 1.82) is 5.41 Å². The topological polar surface area (TPSA) is 90.2 Å². The second-order valence-electron chi connectivity index (χ2n) is 4.27. The van der Waals surface area contributed by atoms with Gasteiger partial charge in [-0.25, -0.2) is 4.79 Å². The van der Waals surface area contributed by atoms with Crippen molar-refractivity contribution in [3.05, 3.63) is 23.3 Å². The minimum Gasteiger partial charge on any atom is -0.493 e. The van der Waals surface area contributed by atoms with Crippen LogP contribution in [0.25, 0.3) is 0 Å². The zero-order valence-electron chi connectivity index (χ0n) is 13.8. The average molecular weight is 340 g/mol. The molecule has 0 unspecified atom stereocenters. The summed E-state index contributed by atoms with van der Waals surface area (Å²) in [5, 5.41) is 8.53. The van der Waals surface area contributed by atoms with Crippen LogP contribution in [0.2, 0.25) is 0 Å². The summed E-state index contributed by atoms with van der Waals surface area (Å²) in [6.07, 6.45) is 0.976. The SMILES string of the molecule is COCc1cc(C(=N)C(=NC(=O)OC)SC)cc(OC)c1OC. The van der Waals surface area contributed by atoms with Gasteiger partial charge >= 0.3 is 6.09 Å². The Bertz CT molecular complexity index is 616. The molecule has 1 aromatic carbocycles. The van der Waals surface area contributed by atoms with Crippen molar-refractivity contribution in [2.45, 2.75) is 6.61 Å². The van der Waals surface area contributed by atoms with Crippen LogP contribution in [0.15, 0.2) is 17.1 Å². The van der Waals surface area contributed by atoms with Crippen LogP contribution >= 0.6 is 11.8 Å². The van der Waals surface area contributed by atoms with Gasteiger partial charge in [-0.15, -0.1) is 11.8 Å². The second kappa shape index (κ2) is 9.16. The Labute approximate surface area is 139 Å². The maximum atomic E-state index is 11.3. The van der Waals surface area contributed by atoms with E-state index in [1.807, 2.05) is 0 Å².